The van der Waals surface area contributed by atoms with Crippen molar-refractivity contribution in [1.29, 1.82) is 0 Å². The van der Waals surface area contributed by atoms with Gasteiger partial charge in [-0.2, -0.15) is 10.1 Å². The molecule has 0 unspecified atom stereocenters. The first kappa shape index (κ1) is 12.0. The lowest BCUT2D eigenvalue weighted by molar-refractivity contribution is 0.161. The molecule has 1 aromatic heterocycles. The smallest absolute Gasteiger partial charge is 0.250 e. The molecule has 1 rings (SSSR count). The summed E-state index contributed by atoms with van der Waals surface area (Å²) in [5, 5.41) is 9.15. The molecule has 0 aliphatic carbocycles. The summed E-state index contributed by atoms with van der Waals surface area (Å²) >= 11 is 0. The van der Waals surface area contributed by atoms with Crippen LogP contribution in [-0.4, -0.2) is 27.7 Å². The molecule has 0 saturated carbocycles. The highest BCUT2D eigenvalue weighted by atomic mass is 19.2. The van der Waals surface area contributed by atoms with E-state index in [1.54, 1.807) is 0 Å². The number of amidine groups is 1. The first-order valence-electron chi connectivity index (χ1n) is 4.45. The highest BCUT2D eigenvalue weighted by Gasteiger charge is 2.10. The minimum absolute atomic E-state index is 0.122. The second kappa shape index (κ2) is 4.61. The van der Waals surface area contributed by atoms with Gasteiger partial charge in [-0.1, -0.05) is 4.48 Å². The van der Waals surface area contributed by atoms with E-state index in [4.69, 9.17) is 5.11 Å². The van der Waals surface area contributed by atoms with Crippen LogP contribution in [-0.2, 0) is 7.05 Å². The molecule has 16 heavy (non-hydrogen) atoms. The molecule has 1 aromatic rings. The van der Waals surface area contributed by atoms with Crippen molar-refractivity contribution in [2.45, 2.75) is 0 Å². The van der Waals surface area contributed by atoms with Crippen molar-refractivity contribution in [3.8, 4) is 0 Å². The Kier molecular flexibility index (Phi) is 3.44. The van der Waals surface area contributed by atoms with Gasteiger partial charge < -0.3 is 9.67 Å². The predicted molar refractivity (Wildman–Crippen MR) is 58.9 cm³/mol. The maximum absolute atomic E-state index is 13.1. The third kappa shape index (κ3) is 2.69. The maximum Gasteiger partial charge on any atom is 0.250 e. The molecular formula is C10H12FN3O2. The zero-order valence-corrected chi connectivity index (χ0v) is 9.01. The van der Waals surface area contributed by atoms with Crippen molar-refractivity contribution >= 4 is 5.84 Å². The molecular weight excluding hydrogens is 213 g/mol. The van der Waals surface area contributed by atoms with Crippen LogP contribution in [0.15, 0.2) is 40.6 Å². The van der Waals surface area contributed by atoms with E-state index in [1.165, 1.54) is 29.9 Å². The SMILES string of the molecule is C=C(O)/N=C(/c1ccc(=O)n(C)c1)N(C)F. The summed E-state index contributed by atoms with van der Waals surface area (Å²) in [6.07, 6.45) is 1.42. The van der Waals surface area contributed by atoms with Crippen LogP contribution in [0.5, 0.6) is 0 Å². The van der Waals surface area contributed by atoms with Gasteiger partial charge in [0.15, 0.2) is 5.84 Å². The lowest BCUT2D eigenvalue weighted by Crippen LogP contribution is -2.23. The molecule has 0 aliphatic rings. The number of aryl methyl sites for hydroxylation is 1. The Bertz CT molecular complexity index is 491. The molecule has 0 aliphatic heterocycles. The fourth-order valence-corrected chi connectivity index (χ4v) is 1.16. The Hall–Kier alpha value is -2.11. The summed E-state index contributed by atoms with van der Waals surface area (Å²) < 4.78 is 14.4. The molecule has 0 amide bonds. The molecule has 5 nitrogen and oxygen atoms in total. The Balaban J connectivity index is 3.27. The van der Waals surface area contributed by atoms with Crippen LogP contribution in [0.4, 0.5) is 4.48 Å². The van der Waals surface area contributed by atoms with Gasteiger partial charge in [0.25, 0.3) is 0 Å². The average molecular weight is 225 g/mol. The number of halogens is 1. The lowest BCUT2D eigenvalue weighted by Gasteiger charge is -2.11. The molecule has 0 atom stereocenters. The Morgan fingerprint density at radius 3 is 2.69 bits per heavy atom. The Morgan fingerprint density at radius 2 is 2.25 bits per heavy atom. The molecule has 1 N–H and O–H groups in total. The average Bonchev–Trinajstić information content (AvgIpc) is 2.18. The molecule has 0 radical (unpaired) electrons. The molecule has 0 fully saturated rings. The molecule has 86 valence electrons. The molecule has 0 bridgehead atoms. The van der Waals surface area contributed by atoms with Crippen LogP contribution in [0.1, 0.15) is 5.56 Å². The van der Waals surface area contributed by atoms with Crippen molar-refractivity contribution in [2.24, 2.45) is 12.0 Å². The van der Waals surface area contributed by atoms with E-state index >= 15 is 0 Å². The highest BCUT2D eigenvalue weighted by Crippen LogP contribution is 2.05. The van der Waals surface area contributed by atoms with E-state index in [2.05, 4.69) is 11.6 Å². The van der Waals surface area contributed by atoms with Gasteiger partial charge in [0, 0.05) is 31.9 Å². The van der Waals surface area contributed by atoms with Crippen molar-refractivity contribution in [2.75, 3.05) is 7.05 Å². The quantitative estimate of drug-likeness (QED) is 0.353. The van der Waals surface area contributed by atoms with Crippen LogP contribution >= 0.6 is 0 Å². The van der Waals surface area contributed by atoms with Gasteiger partial charge in [-0.15, -0.1) is 0 Å². The molecule has 6 heteroatoms. The standard InChI is InChI=1S/C10H12FN3O2/c1-7(15)12-10(14(3)11)8-4-5-9(16)13(2)6-8/h4-6,15H,1H2,2-3H3/b12-10-. The molecule has 1 heterocycles. The van der Waals surface area contributed by atoms with Gasteiger partial charge in [-0.25, -0.2) is 0 Å². The molecule has 0 aromatic carbocycles. The van der Waals surface area contributed by atoms with Gasteiger partial charge in [0.05, 0.1) is 0 Å². The zero-order valence-electron chi connectivity index (χ0n) is 9.01. The highest BCUT2D eigenvalue weighted by molar-refractivity contribution is 5.98. The number of aliphatic imine (C=N–C) groups is 1. The van der Waals surface area contributed by atoms with Crippen molar-refractivity contribution in [3.05, 3.63) is 46.7 Å². The van der Waals surface area contributed by atoms with E-state index in [0.717, 1.165) is 7.05 Å². The number of nitrogens with zero attached hydrogens (tertiary/aromatic N) is 3. The van der Waals surface area contributed by atoms with Gasteiger partial charge in [0.1, 0.15) is 0 Å². The van der Waals surface area contributed by atoms with Crippen LogP contribution in [0.3, 0.4) is 0 Å². The third-order valence-electron chi connectivity index (χ3n) is 1.87. The monoisotopic (exact) mass is 225 g/mol. The molecule has 0 saturated heterocycles. The van der Waals surface area contributed by atoms with E-state index in [-0.39, 0.29) is 16.5 Å². The molecule has 0 spiro atoms. The summed E-state index contributed by atoms with van der Waals surface area (Å²) in [6.45, 7) is 3.15. The number of hydrogen-bond donors (Lipinski definition) is 1. The van der Waals surface area contributed by atoms with Crippen molar-refractivity contribution in [1.82, 2.24) is 9.69 Å². The summed E-state index contributed by atoms with van der Waals surface area (Å²) in [6, 6.07) is 2.70. The number of rotatable bonds is 2. The van der Waals surface area contributed by atoms with E-state index in [1.807, 2.05) is 0 Å². The predicted octanol–water partition coefficient (Wildman–Crippen LogP) is 0.977. The summed E-state index contributed by atoms with van der Waals surface area (Å²) in [5.41, 5.74) is 0.148. The number of aliphatic hydroxyl groups excluding tert-OH is 1. The fourth-order valence-electron chi connectivity index (χ4n) is 1.16. The zero-order chi connectivity index (χ0) is 12.3. The maximum atomic E-state index is 13.1. The van der Waals surface area contributed by atoms with E-state index < -0.39 is 5.88 Å². The van der Waals surface area contributed by atoms with Gasteiger partial charge in [0.2, 0.25) is 11.4 Å². The van der Waals surface area contributed by atoms with E-state index in [0.29, 0.717) is 5.56 Å². The number of pyridine rings is 1. The van der Waals surface area contributed by atoms with Crippen LogP contribution in [0.2, 0.25) is 0 Å². The van der Waals surface area contributed by atoms with Gasteiger partial charge >= 0.3 is 0 Å². The summed E-state index contributed by atoms with van der Waals surface area (Å²) in [4.78, 5) is 14.7. The van der Waals surface area contributed by atoms with Crippen LogP contribution in [0, 0.1) is 0 Å². The lowest BCUT2D eigenvalue weighted by atomic mass is 10.2. The first-order chi connectivity index (χ1) is 7.41. The van der Waals surface area contributed by atoms with Crippen LogP contribution in [0.25, 0.3) is 0 Å². The second-order valence-electron chi connectivity index (χ2n) is 3.20. The minimum Gasteiger partial charge on any atom is -0.494 e. The Labute approximate surface area is 91.7 Å². The number of aromatic nitrogens is 1. The topological polar surface area (TPSA) is 57.8 Å². The summed E-state index contributed by atoms with van der Waals surface area (Å²) in [7, 11) is 2.67. The first-order valence-corrected chi connectivity index (χ1v) is 4.45. The number of aliphatic hydroxyl groups is 1. The second-order valence-corrected chi connectivity index (χ2v) is 3.20. The van der Waals surface area contributed by atoms with Gasteiger partial charge in [-0.3, -0.25) is 4.79 Å². The number of hydrogen-bond acceptors (Lipinski definition) is 3. The van der Waals surface area contributed by atoms with Gasteiger partial charge in [-0.05, 0) is 12.6 Å². The van der Waals surface area contributed by atoms with E-state index in [9.17, 15) is 9.28 Å². The minimum atomic E-state index is -0.506. The normalized spacial score (nSPS) is 11.3. The Morgan fingerprint density at radius 1 is 1.62 bits per heavy atom. The van der Waals surface area contributed by atoms with Crippen molar-refractivity contribution < 1.29 is 9.59 Å². The third-order valence-corrected chi connectivity index (χ3v) is 1.87. The summed E-state index contributed by atoms with van der Waals surface area (Å²) in [5.74, 6) is -0.628. The largest absolute Gasteiger partial charge is 0.494 e. The van der Waals surface area contributed by atoms with Crippen LogP contribution < -0.4 is 5.56 Å². The van der Waals surface area contributed by atoms with Crippen molar-refractivity contribution in [3.63, 3.8) is 0 Å². The fraction of sp³-hybridized carbons (Fsp3) is 0.200.